The molecular formula is C30H38ClN3O2. The van der Waals surface area contributed by atoms with Gasteiger partial charge >= 0.3 is 0 Å². The van der Waals surface area contributed by atoms with E-state index in [1.807, 2.05) is 30.3 Å². The van der Waals surface area contributed by atoms with E-state index in [0.29, 0.717) is 10.9 Å². The zero-order valence-electron chi connectivity index (χ0n) is 21.1. The highest BCUT2D eigenvalue weighted by Crippen LogP contribution is 2.41. The number of hydrogen-bond donors (Lipinski definition) is 2. The normalized spacial score (nSPS) is 20.2. The third kappa shape index (κ3) is 5.95. The number of amides is 2. The molecule has 2 saturated carbocycles. The summed E-state index contributed by atoms with van der Waals surface area (Å²) in [5, 5.41) is 7.05. The molecule has 0 radical (unpaired) electrons. The van der Waals surface area contributed by atoms with Gasteiger partial charge in [0.2, 0.25) is 11.8 Å². The first-order valence-electron chi connectivity index (χ1n) is 13.7. The molecule has 2 N–H and O–H groups in total. The van der Waals surface area contributed by atoms with Crippen LogP contribution in [0.25, 0.3) is 0 Å². The smallest absolute Gasteiger partial charge is 0.230 e. The van der Waals surface area contributed by atoms with E-state index in [0.717, 1.165) is 95.2 Å². The summed E-state index contributed by atoms with van der Waals surface area (Å²) in [4.78, 5) is 27.9. The standard InChI is InChI=1S/C30H38ClN3O2/c31-26-11-9-25(10-12-26)30(15-1-2-16-30)29(36)32-17-4-18-34-19-13-22(14-20-34)24-5-3-6-27(21-24)33-28(35)23-7-8-23/h3,5-6,9-12,21-23H,1-2,4,7-8,13-20H2,(H,32,36)(H,33,35). The molecule has 0 aromatic heterocycles. The van der Waals surface area contributed by atoms with Gasteiger partial charge in [-0.1, -0.05) is 48.7 Å². The second-order valence-corrected chi connectivity index (χ2v) is 11.3. The maximum Gasteiger partial charge on any atom is 0.230 e. The second-order valence-electron chi connectivity index (χ2n) is 10.9. The van der Waals surface area contributed by atoms with E-state index < -0.39 is 5.41 Å². The van der Waals surface area contributed by atoms with Crippen molar-refractivity contribution >= 4 is 29.1 Å². The van der Waals surface area contributed by atoms with Crippen LogP contribution in [0, 0.1) is 5.92 Å². The van der Waals surface area contributed by atoms with E-state index in [1.165, 1.54) is 5.56 Å². The van der Waals surface area contributed by atoms with Crippen molar-refractivity contribution in [3.63, 3.8) is 0 Å². The van der Waals surface area contributed by atoms with Gasteiger partial charge in [-0.2, -0.15) is 0 Å². The van der Waals surface area contributed by atoms with E-state index in [2.05, 4.69) is 33.7 Å². The quantitative estimate of drug-likeness (QED) is 0.416. The molecular weight excluding hydrogens is 470 g/mol. The first kappa shape index (κ1) is 25.3. The zero-order chi connectivity index (χ0) is 25.0. The Kier molecular flexibility index (Phi) is 7.97. The molecule has 2 aromatic carbocycles. The number of halogens is 1. The van der Waals surface area contributed by atoms with Gasteiger partial charge in [-0.15, -0.1) is 0 Å². The highest BCUT2D eigenvalue weighted by atomic mass is 35.5. The summed E-state index contributed by atoms with van der Waals surface area (Å²) in [5.41, 5.74) is 2.97. The highest BCUT2D eigenvalue weighted by molar-refractivity contribution is 6.30. The number of carbonyl (C=O) groups is 2. The lowest BCUT2D eigenvalue weighted by Gasteiger charge is -2.32. The lowest BCUT2D eigenvalue weighted by molar-refractivity contribution is -0.126. The summed E-state index contributed by atoms with van der Waals surface area (Å²) in [6.45, 7) is 3.88. The molecule has 0 bridgehead atoms. The lowest BCUT2D eigenvalue weighted by Crippen LogP contribution is -2.43. The Labute approximate surface area is 220 Å². The largest absolute Gasteiger partial charge is 0.355 e. The van der Waals surface area contributed by atoms with Crippen molar-refractivity contribution < 1.29 is 9.59 Å². The molecule has 36 heavy (non-hydrogen) atoms. The van der Waals surface area contributed by atoms with Gasteiger partial charge in [0.05, 0.1) is 5.41 Å². The molecule has 5 nitrogen and oxygen atoms in total. The topological polar surface area (TPSA) is 61.4 Å². The molecule has 0 unspecified atom stereocenters. The van der Waals surface area contributed by atoms with Crippen LogP contribution in [0.15, 0.2) is 48.5 Å². The summed E-state index contributed by atoms with van der Waals surface area (Å²) < 4.78 is 0. The fourth-order valence-corrected chi connectivity index (χ4v) is 6.14. The minimum absolute atomic E-state index is 0.168. The number of likely N-dealkylation sites (tertiary alicyclic amines) is 1. The average Bonchev–Trinajstić information content (AvgIpc) is 3.64. The molecule has 3 fully saturated rings. The molecule has 1 heterocycles. The molecule has 6 heteroatoms. The van der Waals surface area contributed by atoms with Crippen molar-refractivity contribution in [3.8, 4) is 0 Å². The first-order valence-corrected chi connectivity index (χ1v) is 14.1. The van der Waals surface area contributed by atoms with Crippen LogP contribution >= 0.6 is 11.6 Å². The molecule has 2 amide bonds. The molecule has 1 aliphatic heterocycles. The SMILES string of the molecule is O=C(Nc1cccc(C2CCN(CCCNC(=O)C3(c4ccc(Cl)cc4)CCCC3)CC2)c1)C1CC1. The van der Waals surface area contributed by atoms with E-state index in [1.54, 1.807) is 0 Å². The van der Waals surface area contributed by atoms with Gasteiger partial charge in [0.15, 0.2) is 0 Å². The Hall–Kier alpha value is -2.37. The molecule has 192 valence electrons. The third-order valence-electron chi connectivity index (χ3n) is 8.39. The van der Waals surface area contributed by atoms with Crippen molar-refractivity contribution in [1.82, 2.24) is 10.2 Å². The van der Waals surface area contributed by atoms with Crippen molar-refractivity contribution in [3.05, 3.63) is 64.7 Å². The van der Waals surface area contributed by atoms with E-state index in [-0.39, 0.29) is 17.7 Å². The van der Waals surface area contributed by atoms with Gasteiger partial charge in [0, 0.05) is 23.2 Å². The summed E-state index contributed by atoms with van der Waals surface area (Å²) in [5.74, 6) is 1.11. The number of nitrogens with zero attached hydrogens (tertiary/aromatic N) is 1. The van der Waals surface area contributed by atoms with E-state index in [4.69, 9.17) is 11.6 Å². The number of piperidine rings is 1. The van der Waals surface area contributed by atoms with Crippen LogP contribution in [-0.2, 0) is 15.0 Å². The Bertz CT molecular complexity index is 1050. The Morgan fingerprint density at radius 1 is 0.972 bits per heavy atom. The lowest BCUT2D eigenvalue weighted by atomic mass is 9.78. The van der Waals surface area contributed by atoms with Crippen molar-refractivity contribution in [2.24, 2.45) is 5.92 Å². The van der Waals surface area contributed by atoms with Gasteiger partial charge in [0.1, 0.15) is 0 Å². The van der Waals surface area contributed by atoms with Crippen LogP contribution in [0.4, 0.5) is 5.69 Å². The summed E-state index contributed by atoms with van der Waals surface area (Å²) >= 11 is 6.08. The van der Waals surface area contributed by atoms with Gasteiger partial charge in [-0.05, 0) is 106 Å². The highest BCUT2D eigenvalue weighted by Gasteiger charge is 2.42. The fourth-order valence-electron chi connectivity index (χ4n) is 6.02. The first-order chi connectivity index (χ1) is 17.5. The number of carbonyl (C=O) groups excluding carboxylic acids is 2. The number of hydrogen-bond acceptors (Lipinski definition) is 3. The van der Waals surface area contributed by atoms with E-state index in [9.17, 15) is 9.59 Å². The fraction of sp³-hybridized carbons (Fsp3) is 0.533. The maximum atomic E-state index is 13.3. The molecule has 2 aliphatic carbocycles. The summed E-state index contributed by atoms with van der Waals surface area (Å²) in [6, 6.07) is 16.3. The molecule has 5 rings (SSSR count). The number of rotatable bonds is 9. The predicted octanol–water partition coefficient (Wildman–Crippen LogP) is 5.89. The monoisotopic (exact) mass is 507 g/mol. The van der Waals surface area contributed by atoms with E-state index >= 15 is 0 Å². The number of anilines is 1. The van der Waals surface area contributed by atoms with Gasteiger partial charge in [-0.25, -0.2) is 0 Å². The zero-order valence-corrected chi connectivity index (χ0v) is 21.9. The minimum atomic E-state index is -0.393. The summed E-state index contributed by atoms with van der Waals surface area (Å²) in [7, 11) is 0. The Morgan fingerprint density at radius 2 is 1.69 bits per heavy atom. The van der Waals surface area contributed by atoms with Crippen LogP contribution in [0.2, 0.25) is 5.02 Å². The van der Waals surface area contributed by atoms with Crippen LogP contribution in [0.5, 0.6) is 0 Å². The second kappa shape index (κ2) is 11.4. The molecule has 3 aliphatic rings. The van der Waals surface area contributed by atoms with Crippen LogP contribution in [0.3, 0.4) is 0 Å². The van der Waals surface area contributed by atoms with Crippen molar-refractivity contribution in [2.45, 2.75) is 69.1 Å². The van der Waals surface area contributed by atoms with Gasteiger partial charge < -0.3 is 15.5 Å². The molecule has 0 atom stereocenters. The number of nitrogens with one attached hydrogen (secondary N) is 2. The van der Waals surface area contributed by atoms with Crippen LogP contribution in [-0.4, -0.2) is 42.9 Å². The Morgan fingerprint density at radius 3 is 2.39 bits per heavy atom. The number of benzene rings is 2. The van der Waals surface area contributed by atoms with Gasteiger partial charge in [-0.3, -0.25) is 9.59 Å². The summed E-state index contributed by atoms with van der Waals surface area (Å²) in [6.07, 6.45) is 9.31. The molecule has 2 aromatic rings. The van der Waals surface area contributed by atoms with Crippen LogP contribution in [0.1, 0.15) is 74.8 Å². The molecule has 0 spiro atoms. The Balaban J connectivity index is 1.05. The van der Waals surface area contributed by atoms with Crippen molar-refractivity contribution in [1.29, 1.82) is 0 Å². The van der Waals surface area contributed by atoms with Gasteiger partial charge in [0.25, 0.3) is 0 Å². The maximum absolute atomic E-state index is 13.3. The molecule has 1 saturated heterocycles. The average molecular weight is 508 g/mol. The minimum Gasteiger partial charge on any atom is -0.355 e. The van der Waals surface area contributed by atoms with Crippen LogP contribution < -0.4 is 10.6 Å². The van der Waals surface area contributed by atoms with Crippen molar-refractivity contribution in [2.75, 3.05) is 31.5 Å². The third-order valence-corrected chi connectivity index (χ3v) is 8.64. The predicted molar refractivity (Wildman–Crippen MR) is 145 cm³/mol.